The van der Waals surface area contributed by atoms with Crippen molar-refractivity contribution >= 4 is 45.7 Å². The molecule has 0 saturated carbocycles. The van der Waals surface area contributed by atoms with Crippen molar-refractivity contribution < 1.29 is 5.11 Å². The van der Waals surface area contributed by atoms with Crippen LogP contribution in [0.3, 0.4) is 0 Å². The highest BCUT2D eigenvalue weighted by atomic mass is 33.1. The van der Waals surface area contributed by atoms with E-state index in [1.165, 1.54) is 0 Å². The lowest BCUT2D eigenvalue weighted by Crippen LogP contribution is -2.43. The van der Waals surface area contributed by atoms with E-state index in [-0.39, 0.29) is 6.61 Å². The van der Waals surface area contributed by atoms with Gasteiger partial charge in [-0.1, -0.05) is 10.8 Å². The van der Waals surface area contributed by atoms with Crippen molar-refractivity contribution in [2.24, 2.45) is 5.10 Å². The number of amidine groups is 1. The molecule has 0 fully saturated rings. The maximum atomic E-state index is 9.14. The van der Waals surface area contributed by atoms with E-state index in [1.807, 2.05) is 53.6 Å². The van der Waals surface area contributed by atoms with Crippen molar-refractivity contribution in [2.45, 2.75) is 4.90 Å². The molecule has 0 bridgehead atoms. The van der Waals surface area contributed by atoms with Crippen LogP contribution >= 0.6 is 34.2 Å². The van der Waals surface area contributed by atoms with Gasteiger partial charge in [0.05, 0.1) is 17.2 Å². The van der Waals surface area contributed by atoms with E-state index in [9.17, 15) is 0 Å². The Balaban J connectivity index is 1.90. The van der Waals surface area contributed by atoms with Gasteiger partial charge < -0.3 is 5.11 Å². The molecule has 1 aromatic carbocycles. The van der Waals surface area contributed by atoms with Crippen molar-refractivity contribution in [2.75, 3.05) is 18.7 Å². The van der Waals surface area contributed by atoms with E-state index >= 15 is 0 Å². The molecule has 0 atom stereocenters. The molecule has 2 heterocycles. The van der Waals surface area contributed by atoms with E-state index in [0.29, 0.717) is 0 Å². The van der Waals surface area contributed by atoms with Gasteiger partial charge in [0, 0.05) is 16.8 Å². The first kappa shape index (κ1) is 14.9. The highest BCUT2D eigenvalue weighted by Crippen LogP contribution is 2.41. The topological polar surface area (TPSA) is 51.1 Å². The average molecular weight is 338 g/mol. The summed E-state index contributed by atoms with van der Waals surface area (Å²) in [6.07, 6.45) is 3.90. The molecule has 0 radical (unpaired) electrons. The molecule has 0 amide bonds. The number of benzene rings is 1. The van der Waals surface area contributed by atoms with E-state index in [0.717, 1.165) is 26.2 Å². The molecule has 110 valence electrons. The van der Waals surface area contributed by atoms with Gasteiger partial charge in [-0.05, 0) is 47.2 Å². The minimum Gasteiger partial charge on any atom is -0.391 e. The lowest BCUT2D eigenvalue weighted by molar-refractivity contribution is 0.278. The summed E-state index contributed by atoms with van der Waals surface area (Å²) in [5.41, 5.74) is 3.95. The van der Waals surface area contributed by atoms with Crippen LogP contribution in [0.1, 0.15) is 0 Å². The van der Waals surface area contributed by atoms with Crippen LogP contribution in [0.2, 0.25) is 0 Å². The number of nitrogens with zero attached hydrogens (tertiary/aromatic N) is 3. The van der Waals surface area contributed by atoms with Gasteiger partial charge in [0.15, 0.2) is 5.84 Å². The second kappa shape index (κ2) is 6.37. The summed E-state index contributed by atoms with van der Waals surface area (Å²) in [4.78, 5) is 2.89. The van der Waals surface area contributed by atoms with Gasteiger partial charge in [-0.3, -0.25) is 0 Å². The first-order chi connectivity index (χ1) is 10.2. The van der Waals surface area contributed by atoms with Crippen molar-refractivity contribution in [3.63, 3.8) is 0 Å². The van der Waals surface area contributed by atoms with Gasteiger partial charge in [0.2, 0.25) is 0 Å². The Morgan fingerprint density at radius 3 is 2.62 bits per heavy atom. The fraction of sp³-hybridized carbons (Fsp3) is 0.154. The number of aliphatic hydroxyl groups excluding tert-OH is 1. The Labute approximate surface area is 136 Å². The fourth-order valence-electron chi connectivity index (χ4n) is 1.92. The SMILES string of the molecule is CN1NN=C(C2=CC=C(CO)SS2)N1c1ccc(S)cc1. The number of anilines is 1. The van der Waals surface area contributed by atoms with Crippen LogP contribution in [0.25, 0.3) is 0 Å². The zero-order chi connectivity index (χ0) is 14.8. The summed E-state index contributed by atoms with van der Waals surface area (Å²) in [6.45, 7) is 0.0686. The Kier molecular flexibility index (Phi) is 4.51. The molecule has 1 aromatic rings. The summed E-state index contributed by atoms with van der Waals surface area (Å²) in [5, 5.41) is 17.3. The molecule has 21 heavy (non-hydrogen) atoms. The second-order valence-corrected chi connectivity index (χ2v) is 7.19. The normalized spacial score (nSPS) is 19.0. The molecule has 0 spiro atoms. The van der Waals surface area contributed by atoms with Gasteiger partial charge in [-0.15, -0.1) is 22.8 Å². The van der Waals surface area contributed by atoms with Gasteiger partial charge in [-0.2, -0.15) is 0 Å². The van der Waals surface area contributed by atoms with Crippen LogP contribution in [-0.2, 0) is 0 Å². The number of aliphatic hydroxyl groups is 1. The first-order valence-corrected chi connectivity index (χ1v) is 8.81. The molecule has 0 saturated heterocycles. The number of thiol groups is 1. The number of allylic oxidation sites excluding steroid dienone is 2. The van der Waals surface area contributed by atoms with Gasteiger partial charge in [-0.25, -0.2) is 10.5 Å². The standard InChI is InChI=1S/C13H14N4OS3/c1-16-15-14-13(12-7-6-11(8-18)20-21-12)17(16)9-2-4-10(19)5-3-9/h2-7,15,18-19H,8H2,1H3. The van der Waals surface area contributed by atoms with Crippen molar-refractivity contribution in [1.29, 1.82) is 0 Å². The number of hydrazone groups is 1. The Bertz CT molecular complexity index is 627. The van der Waals surface area contributed by atoms with Crippen molar-refractivity contribution in [3.8, 4) is 0 Å². The highest BCUT2D eigenvalue weighted by Gasteiger charge is 2.28. The van der Waals surface area contributed by atoms with E-state index in [1.54, 1.807) is 21.6 Å². The molecule has 3 rings (SSSR count). The minimum atomic E-state index is 0.0686. The second-order valence-electron chi connectivity index (χ2n) is 4.38. The highest BCUT2D eigenvalue weighted by molar-refractivity contribution is 8.79. The number of rotatable bonds is 3. The molecule has 2 N–H and O–H groups in total. The van der Waals surface area contributed by atoms with Crippen LogP contribution in [0.15, 0.2) is 56.2 Å². The average Bonchev–Trinajstić information content (AvgIpc) is 2.90. The van der Waals surface area contributed by atoms with Crippen LogP contribution in [0, 0.1) is 0 Å². The molecule has 2 aliphatic heterocycles. The summed E-state index contributed by atoms with van der Waals surface area (Å²) in [6, 6.07) is 7.89. The number of nitrogens with one attached hydrogen (secondary N) is 1. The largest absolute Gasteiger partial charge is 0.391 e. The van der Waals surface area contributed by atoms with Crippen molar-refractivity contribution in [1.82, 2.24) is 10.7 Å². The summed E-state index contributed by atoms with van der Waals surface area (Å²) in [5.74, 6) is 0.829. The van der Waals surface area contributed by atoms with Gasteiger partial charge in [0.25, 0.3) is 0 Å². The lowest BCUT2D eigenvalue weighted by Gasteiger charge is -2.27. The molecule has 0 aliphatic carbocycles. The third kappa shape index (κ3) is 3.09. The number of hydrazine groups is 2. The molecule has 8 heteroatoms. The predicted molar refractivity (Wildman–Crippen MR) is 92.9 cm³/mol. The van der Waals surface area contributed by atoms with Crippen LogP contribution in [0.4, 0.5) is 5.69 Å². The van der Waals surface area contributed by atoms with Crippen LogP contribution in [-0.4, -0.2) is 29.7 Å². The number of hydrogen-bond donors (Lipinski definition) is 3. The smallest absolute Gasteiger partial charge is 0.185 e. The third-order valence-corrected chi connectivity index (χ3v) is 5.72. The van der Waals surface area contributed by atoms with Crippen LogP contribution in [0.5, 0.6) is 0 Å². The Morgan fingerprint density at radius 1 is 1.24 bits per heavy atom. The van der Waals surface area contributed by atoms with Gasteiger partial charge >= 0.3 is 0 Å². The third-order valence-electron chi connectivity index (χ3n) is 2.93. The molecule has 2 aliphatic rings. The van der Waals surface area contributed by atoms with Gasteiger partial charge in [0.1, 0.15) is 0 Å². The summed E-state index contributed by atoms with van der Waals surface area (Å²) < 4.78 is 0. The van der Waals surface area contributed by atoms with Crippen molar-refractivity contribution in [3.05, 3.63) is 46.2 Å². The lowest BCUT2D eigenvalue weighted by atomic mass is 10.3. The first-order valence-electron chi connectivity index (χ1n) is 6.22. The Hall–Kier alpha value is -1.06. The molecule has 0 aromatic heterocycles. The maximum absolute atomic E-state index is 9.14. The zero-order valence-corrected chi connectivity index (χ0v) is 13.8. The minimum absolute atomic E-state index is 0.0686. The quantitative estimate of drug-likeness (QED) is 0.582. The maximum Gasteiger partial charge on any atom is 0.185 e. The van der Waals surface area contributed by atoms with Crippen LogP contribution < -0.4 is 10.5 Å². The molecule has 5 nitrogen and oxygen atoms in total. The zero-order valence-electron chi connectivity index (χ0n) is 11.2. The molecule has 0 unspecified atom stereocenters. The van der Waals surface area contributed by atoms with E-state index < -0.39 is 0 Å². The van der Waals surface area contributed by atoms with E-state index in [2.05, 4.69) is 23.3 Å². The number of hydrogen-bond acceptors (Lipinski definition) is 8. The van der Waals surface area contributed by atoms with E-state index in [4.69, 9.17) is 5.11 Å². The fourth-order valence-corrected chi connectivity index (χ4v) is 4.07. The Morgan fingerprint density at radius 2 is 2.00 bits per heavy atom. The molecular formula is C13H14N4OS3. The molecular weight excluding hydrogens is 324 g/mol. The summed E-state index contributed by atoms with van der Waals surface area (Å²) in [7, 11) is 5.05. The monoisotopic (exact) mass is 338 g/mol. The predicted octanol–water partition coefficient (Wildman–Crippen LogP) is 2.62. The summed E-state index contributed by atoms with van der Waals surface area (Å²) >= 11 is 4.31.